The zero-order chi connectivity index (χ0) is 21.6. The smallest absolute Gasteiger partial charge is 0.316 e. The summed E-state index contributed by atoms with van der Waals surface area (Å²) in [6.07, 6.45) is 11.7. The molecular formula is C22H26N6O3. The Morgan fingerprint density at radius 3 is 2.94 bits per heavy atom. The number of nitrogens with zero attached hydrogens (tertiary/aromatic N) is 5. The maximum Gasteiger partial charge on any atom is 0.316 e. The van der Waals surface area contributed by atoms with Crippen LogP contribution in [-0.4, -0.2) is 49.0 Å². The van der Waals surface area contributed by atoms with Crippen LogP contribution in [0.25, 0.3) is 0 Å². The summed E-state index contributed by atoms with van der Waals surface area (Å²) in [6, 6.07) is 6.24. The average molecular weight is 422 g/mol. The van der Waals surface area contributed by atoms with Crippen LogP contribution in [0, 0.1) is 0 Å². The number of nitrogens with one attached hydrogen (secondary N) is 1. The van der Waals surface area contributed by atoms with E-state index in [-0.39, 0.29) is 12.4 Å². The molecule has 2 N–H and O–H groups in total. The zero-order valence-corrected chi connectivity index (χ0v) is 17.4. The monoisotopic (exact) mass is 422 g/mol. The largest absolute Gasteiger partial charge is 0.481 e. The number of ether oxygens (including phenoxy) is 1. The molecule has 1 aliphatic rings. The van der Waals surface area contributed by atoms with Gasteiger partial charge >= 0.3 is 12.0 Å². The van der Waals surface area contributed by atoms with Gasteiger partial charge in [-0.2, -0.15) is 5.10 Å². The number of methoxy groups -OCH3 is 1. The first-order chi connectivity index (χ1) is 15.1. The number of rotatable bonds is 9. The second kappa shape index (κ2) is 9.55. The second-order valence-electron chi connectivity index (χ2n) is 7.69. The molecule has 3 aromatic rings. The average Bonchev–Trinajstić information content (AvgIpc) is 3.26. The first kappa shape index (κ1) is 20.8. The molecule has 9 heteroatoms. The molecular weight excluding hydrogens is 396 g/mol. The van der Waals surface area contributed by atoms with E-state index < -0.39 is 12.0 Å². The molecule has 0 aliphatic carbocycles. The predicted octanol–water partition coefficient (Wildman–Crippen LogP) is 2.89. The summed E-state index contributed by atoms with van der Waals surface area (Å²) in [6.45, 7) is 0. The molecule has 162 valence electrons. The van der Waals surface area contributed by atoms with Crippen LogP contribution >= 0.6 is 0 Å². The van der Waals surface area contributed by atoms with Crippen molar-refractivity contribution in [1.29, 1.82) is 0 Å². The Morgan fingerprint density at radius 2 is 2.16 bits per heavy atom. The number of fused-ring (bicyclic) bond motifs is 1. The van der Waals surface area contributed by atoms with Gasteiger partial charge < -0.3 is 15.2 Å². The lowest BCUT2D eigenvalue weighted by Crippen LogP contribution is -2.26. The van der Waals surface area contributed by atoms with E-state index in [4.69, 9.17) is 4.74 Å². The molecule has 0 amide bonds. The summed E-state index contributed by atoms with van der Waals surface area (Å²) >= 11 is 0. The Balaban J connectivity index is 1.36. The minimum absolute atomic E-state index is 0.102. The zero-order valence-electron chi connectivity index (χ0n) is 17.4. The number of aliphatic carboxylic acids is 1. The summed E-state index contributed by atoms with van der Waals surface area (Å²) in [5.41, 5.74) is 2.90. The molecule has 2 atom stereocenters. The van der Waals surface area contributed by atoms with E-state index in [1.54, 1.807) is 17.1 Å². The number of hydrogen-bond acceptors (Lipinski definition) is 7. The first-order valence-corrected chi connectivity index (χ1v) is 10.4. The number of anilines is 1. The van der Waals surface area contributed by atoms with E-state index in [0.29, 0.717) is 11.6 Å². The van der Waals surface area contributed by atoms with E-state index in [1.807, 2.05) is 24.5 Å². The molecule has 1 aliphatic heterocycles. The molecule has 3 aromatic heterocycles. The molecule has 0 aromatic carbocycles. The Labute approximate surface area is 180 Å². The molecule has 0 spiro atoms. The lowest BCUT2D eigenvalue weighted by Gasteiger charge is -2.25. The van der Waals surface area contributed by atoms with E-state index >= 15 is 0 Å². The van der Waals surface area contributed by atoms with Gasteiger partial charge in [0, 0.05) is 36.4 Å². The van der Waals surface area contributed by atoms with Crippen LogP contribution in [0.5, 0.6) is 6.01 Å². The summed E-state index contributed by atoms with van der Waals surface area (Å²) in [4.78, 5) is 24.0. The summed E-state index contributed by atoms with van der Waals surface area (Å²) in [5.74, 6) is 0.0939. The van der Waals surface area contributed by atoms with Crippen LogP contribution in [0.1, 0.15) is 48.5 Å². The van der Waals surface area contributed by atoms with Gasteiger partial charge in [0.1, 0.15) is 5.82 Å². The van der Waals surface area contributed by atoms with Crippen LogP contribution in [0.15, 0.2) is 43.0 Å². The molecule has 0 fully saturated rings. The molecule has 4 heterocycles. The van der Waals surface area contributed by atoms with Crippen molar-refractivity contribution in [3.05, 3.63) is 59.8 Å². The Hall–Kier alpha value is -3.49. The molecule has 4 rings (SSSR count). The highest BCUT2D eigenvalue weighted by molar-refractivity contribution is 5.68. The van der Waals surface area contributed by atoms with Gasteiger partial charge in [-0.25, -0.2) is 15.0 Å². The minimum Gasteiger partial charge on any atom is -0.481 e. The number of hydrogen-bond donors (Lipinski definition) is 2. The fraction of sp³-hybridized carbons (Fsp3) is 0.409. The lowest BCUT2D eigenvalue weighted by molar-refractivity contribution is -0.137. The van der Waals surface area contributed by atoms with Gasteiger partial charge in [-0.05, 0) is 49.8 Å². The van der Waals surface area contributed by atoms with Gasteiger partial charge in [0.2, 0.25) is 0 Å². The first-order valence-electron chi connectivity index (χ1n) is 10.4. The van der Waals surface area contributed by atoms with Crippen LogP contribution in [0.3, 0.4) is 0 Å². The normalized spacial score (nSPS) is 16.2. The second-order valence-corrected chi connectivity index (χ2v) is 7.69. The van der Waals surface area contributed by atoms with Crippen molar-refractivity contribution >= 4 is 11.8 Å². The Morgan fingerprint density at radius 1 is 1.32 bits per heavy atom. The van der Waals surface area contributed by atoms with Gasteiger partial charge in [-0.15, -0.1) is 0 Å². The summed E-state index contributed by atoms with van der Waals surface area (Å²) < 4.78 is 6.67. The number of carboxylic acid groups (broad SMARTS) is 1. The Bertz CT molecular complexity index is 1020. The highest BCUT2D eigenvalue weighted by Crippen LogP contribution is 2.25. The van der Waals surface area contributed by atoms with E-state index in [0.717, 1.165) is 43.6 Å². The van der Waals surface area contributed by atoms with Crippen molar-refractivity contribution < 1.29 is 14.6 Å². The van der Waals surface area contributed by atoms with Crippen molar-refractivity contribution in [2.24, 2.45) is 0 Å². The fourth-order valence-electron chi connectivity index (χ4n) is 3.93. The van der Waals surface area contributed by atoms with Crippen LogP contribution in [-0.2, 0) is 17.6 Å². The minimum atomic E-state index is -0.907. The SMILES string of the molecule is COc1ncc(C(CC(=O)O)n2ccc(CCCC3CCc4cccnc4N3)n2)cn1. The van der Waals surface area contributed by atoms with Crippen molar-refractivity contribution in [1.82, 2.24) is 24.7 Å². The van der Waals surface area contributed by atoms with Crippen molar-refractivity contribution in [3.63, 3.8) is 0 Å². The van der Waals surface area contributed by atoms with E-state index in [1.165, 1.54) is 12.7 Å². The number of aromatic nitrogens is 5. The third-order valence-corrected chi connectivity index (χ3v) is 5.55. The van der Waals surface area contributed by atoms with Crippen molar-refractivity contribution in [2.75, 3.05) is 12.4 Å². The molecule has 0 saturated heterocycles. The van der Waals surface area contributed by atoms with E-state index in [2.05, 4.69) is 31.4 Å². The summed E-state index contributed by atoms with van der Waals surface area (Å²) in [7, 11) is 1.49. The topological polar surface area (TPSA) is 115 Å². The number of carbonyl (C=O) groups is 1. The lowest BCUT2D eigenvalue weighted by atomic mass is 9.97. The molecule has 0 saturated carbocycles. The molecule has 0 radical (unpaired) electrons. The predicted molar refractivity (Wildman–Crippen MR) is 114 cm³/mol. The third kappa shape index (κ3) is 5.17. The maximum atomic E-state index is 11.4. The molecule has 9 nitrogen and oxygen atoms in total. The number of pyridine rings is 1. The van der Waals surface area contributed by atoms with Gasteiger partial charge in [-0.1, -0.05) is 6.07 Å². The van der Waals surface area contributed by atoms with Crippen molar-refractivity contribution in [3.8, 4) is 6.01 Å². The number of carboxylic acids is 1. The third-order valence-electron chi connectivity index (χ3n) is 5.55. The fourth-order valence-corrected chi connectivity index (χ4v) is 3.93. The van der Waals surface area contributed by atoms with E-state index in [9.17, 15) is 9.90 Å². The highest BCUT2D eigenvalue weighted by Gasteiger charge is 2.21. The molecule has 31 heavy (non-hydrogen) atoms. The van der Waals surface area contributed by atoms with Crippen LogP contribution in [0.4, 0.5) is 5.82 Å². The summed E-state index contributed by atoms with van der Waals surface area (Å²) in [5, 5.41) is 17.5. The molecule has 0 bridgehead atoms. The van der Waals surface area contributed by atoms with Crippen molar-refractivity contribution in [2.45, 2.75) is 50.6 Å². The molecule has 2 unspecified atom stereocenters. The van der Waals surface area contributed by atoms with Gasteiger partial charge in [0.05, 0.1) is 25.3 Å². The Kier molecular flexibility index (Phi) is 6.40. The quantitative estimate of drug-likeness (QED) is 0.541. The van der Waals surface area contributed by atoms with Gasteiger partial charge in [0.25, 0.3) is 0 Å². The van der Waals surface area contributed by atoms with Crippen LogP contribution < -0.4 is 10.1 Å². The van der Waals surface area contributed by atoms with Crippen LogP contribution in [0.2, 0.25) is 0 Å². The van der Waals surface area contributed by atoms with Gasteiger partial charge in [0.15, 0.2) is 0 Å². The highest BCUT2D eigenvalue weighted by atomic mass is 16.5. The maximum absolute atomic E-state index is 11.4. The standard InChI is InChI=1S/C22H26N6O3/c1-31-22-24-13-16(14-25-22)19(12-20(29)30)28-11-9-18(27-28)6-2-5-17-8-7-15-4-3-10-23-21(15)26-17/h3-4,9-11,13-14,17,19H,2,5-8,12H2,1H3,(H,23,26)(H,29,30). The number of aryl methyl sites for hydroxylation is 2. The van der Waals surface area contributed by atoms with Gasteiger partial charge in [-0.3, -0.25) is 9.48 Å².